The fraction of sp³-hybridized carbons (Fsp3) is 0.500. The summed E-state index contributed by atoms with van der Waals surface area (Å²) in [6.45, 7) is 1.62. The SMILES string of the molecule is CN(C)S(=O)(=O)N1CCCN(C(=O)c2cccc(Cl)c2)CC1. The molecule has 1 aromatic carbocycles. The molecule has 0 N–H and O–H groups in total. The second-order valence-electron chi connectivity index (χ2n) is 5.35. The topological polar surface area (TPSA) is 60.9 Å². The third kappa shape index (κ3) is 3.78. The molecule has 0 bridgehead atoms. The molecule has 1 aliphatic rings. The van der Waals surface area contributed by atoms with Gasteiger partial charge in [0.1, 0.15) is 0 Å². The number of hydrogen-bond donors (Lipinski definition) is 0. The highest BCUT2D eigenvalue weighted by Gasteiger charge is 2.28. The monoisotopic (exact) mass is 345 g/mol. The van der Waals surface area contributed by atoms with Gasteiger partial charge < -0.3 is 4.90 Å². The molecule has 22 heavy (non-hydrogen) atoms. The molecule has 122 valence electrons. The van der Waals surface area contributed by atoms with Crippen LogP contribution in [0.3, 0.4) is 0 Å². The molecule has 6 nitrogen and oxygen atoms in total. The molecule has 0 radical (unpaired) electrons. The highest BCUT2D eigenvalue weighted by molar-refractivity contribution is 7.86. The smallest absolute Gasteiger partial charge is 0.281 e. The van der Waals surface area contributed by atoms with Crippen molar-refractivity contribution in [3.63, 3.8) is 0 Å². The van der Waals surface area contributed by atoms with Crippen LogP contribution in [0.25, 0.3) is 0 Å². The molecule has 0 aliphatic carbocycles. The Labute approximate surface area is 136 Å². The largest absolute Gasteiger partial charge is 0.337 e. The summed E-state index contributed by atoms with van der Waals surface area (Å²) in [6, 6.07) is 6.79. The Balaban J connectivity index is 2.09. The van der Waals surface area contributed by atoms with Crippen LogP contribution in [0.1, 0.15) is 16.8 Å². The molecule has 1 saturated heterocycles. The minimum absolute atomic E-state index is 0.119. The maximum absolute atomic E-state index is 12.5. The predicted molar refractivity (Wildman–Crippen MR) is 86.2 cm³/mol. The molecule has 0 saturated carbocycles. The Morgan fingerprint density at radius 3 is 2.55 bits per heavy atom. The van der Waals surface area contributed by atoms with E-state index in [1.165, 1.54) is 22.7 Å². The molecule has 0 spiro atoms. The maximum atomic E-state index is 12.5. The average molecular weight is 346 g/mol. The van der Waals surface area contributed by atoms with Gasteiger partial charge >= 0.3 is 0 Å². The van der Waals surface area contributed by atoms with E-state index in [9.17, 15) is 13.2 Å². The van der Waals surface area contributed by atoms with E-state index in [1.807, 2.05) is 0 Å². The van der Waals surface area contributed by atoms with Gasteiger partial charge in [0.15, 0.2) is 0 Å². The zero-order chi connectivity index (χ0) is 16.3. The number of nitrogens with zero attached hydrogens (tertiary/aromatic N) is 3. The summed E-state index contributed by atoms with van der Waals surface area (Å²) < 4.78 is 26.9. The maximum Gasteiger partial charge on any atom is 0.281 e. The Morgan fingerprint density at radius 1 is 1.18 bits per heavy atom. The standard InChI is InChI=1S/C14H20ClN3O3S/c1-16(2)22(20,21)18-8-4-7-17(9-10-18)14(19)12-5-3-6-13(15)11-12/h3,5-6,11H,4,7-10H2,1-2H3. The van der Waals surface area contributed by atoms with Crippen molar-refractivity contribution in [2.75, 3.05) is 40.3 Å². The summed E-state index contributed by atoms with van der Waals surface area (Å²) in [4.78, 5) is 14.2. The molecule has 0 unspecified atom stereocenters. The average Bonchev–Trinajstić information content (AvgIpc) is 2.72. The van der Waals surface area contributed by atoms with Crippen molar-refractivity contribution in [1.82, 2.24) is 13.5 Å². The van der Waals surface area contributed by atoms with Gasteiger partial charge in [0, 0.05) is 50.9 Å². The quantitative estimate of drug-likeness (QED) is 0.829. The number of carbonyl (C=O) groups excluding carboxylic acids is 1. The van der Waals surface area contributed by atoms with Crippen LogP contribution in [0.4, 0.5) is 0 Å². The molecule has 1 heterocycles. The number of benzene rings is 1. The minimum atomic E-state index is -3.44. The van der Waals surface area contributed by atoms with Crippen molar-refractivity contribution >= 4 is 27.7 Å². The van der Waals surface area contributed by atoms with Gasteiger partial charge in [-0.2, -0.15) is 17.0 Å². The first-order valence-electron chi connectivity index (χ1n) is 7.05. The first-order chi connectivity index (χ1) is 10.3. The third-order valence-corrected chi connectivity index (χ3v) is 5.78. The van der Waals surface area contributed by atoms with Crippen molar-refractivity contribution in [3.05, 3.63) is 34.9 Å². The Bertz CT molecular complexity index is 648. The van der Waals surface area contributed by atoms with E-state index in [0.29, 0.717) is 43.2 Å². The third-order valence-electron chi connectivity index (χ3n) is 3.60. The molecular weight excluding hydrogens is 326 g/mol. The van der Waals surface area contributed by atoms with Gasteiger partial charge in [0.25, 0.3) is 16.1 Å². The van der Waals surface area contributed by atoms with Gasteiger partial charge in [0.2, 0.25) is 0 Å². The zero-order valence-electron chi connectivity index (χ0n) is 12.7. The lowest BCUT2D eigenvalue weighted by atomic mass is 10.2. The van der Waals surface area contributed by atoms with Crippen LogP contribution in [-0.2, 0) is 10.2 Å². The van der Waals surface area contributed by atoms with Gasteiger partial charge in [-0.25, -0.2) is 0 Å². The summed E-state index contributed by atoms with van der Waals surface area (Å²) in [5, 5.41) is 0.512. The van der Waals surface area contributed by atoms with Crippen molar-refractivity contribution in [1.29, 1.82) is 0 Å². The number of hydrogen-bond acceptors (Lipinski definition) is 3. The van der Waals surface area contributed by atoms with Crippen LogP contribution in [0, 0.1) is 0 Å². The molecular formula is C14H20ClN3O3S. The van der Waals surface area contributed by atoms with Gasteiger partial charge in [0.05, 0.1) is 0 Å². The van der Waals surface area contributed by atoms with Crippen LogP contribution in [-0.4, -0.2) is 68.1 Å². The molecule has 1 amide bonds. The number of rotatable bonds is 3. The van der Waals surface area contributed by atoms with Crippen molar-refractivity contribution in [3.8, 4) is 0 Å². The molecule has 1 aromatic rings. The van der Waals surface area contributed by atoms with E-state index in [0.717, 1.165) is 0 Å². The fourth-order valence-electron chi connectivity index (χ4n) is 2.36. The summed E-state index contributed by atoms with van der Waals surface area (Å²) in [5.41, 5.74) is 0.524. The van der Waals surface area contributed by atoms with E-state index >= 15 is 0 Å². The number of carbonyl (C=O) groups is 1. The van der Waals surface area contributed by atoms with Crippen LogP contribution < -0.4 is 0 Å². The summed E-state index contributed by atoms with van der Waals surface area (Å²) in [6.07, 6.45) is 0.610. The van der Waals surface area contributed by atoms with E-state index < -0.39 is 10.2 Å². The van der Waals surface area contributed by atoms with E-state index in [1.54, 1.807) is 29.2 Å². The normalized spacial score (nSPS) is 17.5. The van der Waals surface area contributed by atoms with Gasteiger partial charge in [-0.15, -0.1) is 0 Å². The van der Waals surface area contributed by atoms with Gasteiger partial charge in [-0.3, -0.25) is 4.79 Å². The molecule has 1 fully saturated rings. The second-order valence-corrected chi connectivity index (χ2v) is 7.92. The summed E-state index contributed by atoms with van der Waals surface area (Å²) >= 11 is 5.91. The number of halogens is 1. The van der Waals surface area contributed by atoms with E-state index in [-0.39, 0.29) is 5.91 Å². The van der Waals surface area contributed by atoms with Crippen LogP contribution in [0.2, 0.25) is 5.02 Å². The van der Waals surface area contributed by atoms with Crippen molar-refractivity contribution < 1.29 is 13.2 Å². The molecule has 2 rings (SSSR count). The van der Waals surface area contributed by atoms with Crippen LogP contribution in [0.15, 0.2) is 24.3 Å². The summed E-state index contributed by atoms with van der Waals surface area (Å²) in [5.74, 6) is -0.119. The lowest BCUT2D eigenvalue weighted by Gasteiger charge is -2.24. The second kappa shape index (κ2) is 6.95. The first-order valence-corrected chi connectivity index (χ1v) is 8.82. The minimum Gasteiger partial charge on any atom is -0.337 e. The summed E-state index contributed by atoms with van der Waals surface area (Å²) in [7, 11) is -0.418. The Hall–Kier alpha value is -1.15. The number of amides is 1. The van der Waals surface area contributed by atoms with Crippen molar-refractivity contribution in [2.45, 2.75) is 6.42 Å². The lowest BCUT2D eigenvalue weighted by Crippen LogP contribution is -2.42. The highest BCUT2D eigenvalue weighted by Crippen LogP contribution is 2.15. The van der Waals surface area contributed by atoms with E-state index in [2.05, 4.69) is 0 Å². The molecule has 8 heteroatoms. The van der Waals surface area contributed by atoms with E-state index in [4.69, 9.17) is 11.6 Å². The molecule has 0 atom stereocenters. The van der Waals surface area contributed by atoms with Gasteiger partial charge in [-0.1, -0.05) is 17.7 Å². The Kier molecular flexibility index (Phi) is 5.44. The van der Waals surface area contributed by atoms with Crippen LogP contribution >= 0.6 is 11.6 Å². The zero-order valence-corrected chi connectivity index (χ0v) is 14.3. The Morgan fingerprint density at radius 2 is 1.91 bits per heavy atom. The lowest BCUT2D eigenvalue weighted by molar-refractivity contribution is 0.0764. The van der Waals surface area contributed by atoms with Crippen LogP contribution in [0.5, 0.6) is 0 Å². The van der Waals surface area contributed by atoms with Gasteiger partial charge in [-0.05, 0) is 24.6 Å². The predicted octanol–water partition coefficient (Wildman–Crippen LogP) is 1.29. The molecule has 0 aromatic heterocycles. The van der Waals surface area contributed by atoms with Crippen molar-refractivity contribution in [2.24, 2.45) is 0 Å². The highest BCUT2D eigenvalue weighted by atomic mass is 35.5. The molecule has 1 aliphatic heterocycles. The first kappa shape index (κ1) is 17.2. The fourth-order valence-corrected chi connectivity index (χ4v) is 3.69.